The average Bonchev–Trinajstić information content (AvgIpc) is 3.08. The number of aryl methyl sites for hydroxylation is 1. The van der Waals surface area contributed by atoms with E-state index in [1.54, 1.807) is 19.1 Å². The summed E-state index contributed by atoms with van der Waals surface area (Å²) in [5.41, 5.74) is 1.95. The van der Waals surface area contributed by atoms with E-state index in [2.05, 4.69) is 12.2 Å². The maximum atomic E-state index is 12.9. The number of hydrogen-bond acceptors (Lipinski definition) is 7. The molecule has 2 aliphatic rings. The van der Waals surface area contributed by atoms with Crippen molar-refractivity contribution in [3.63, 3.8) is 0 Å². The van der Waals surface area contributed by atoms with Gasteiger partial charge >= 0.3 is 5.97 Å². The molecule has 1 fully saturated rings. The van der Waals surface area contributed by atoms with E-state index in [-0.39, 0.29) is 17.4 Å². The van der Waals surface area contributed by atoms with E-state index in [0.717, 1.165) is 34.2 Å². The van der Waals surface area contributed by atoms with Crippen LogP contribution in [-0.4, -0.2) is 56.7 Å². The van der Waals surface area contributed by atoms with Crippen molar-refractivity contribution in [2.75, 3.05) is 11.5 Å². The van der Waals surface area contributed by atoms with Gasteiger partial charge in [0.05, 0.1) is 17.4 Å². The number of benzene rings is 2. The van der Waals surface area contributed by atoms with Crippen LogP contribution in [0.25, 0.3) is 10.8 Å². The Hall–Kier alpha value is -4.35. The lowest BCUT2D eigenvalue weighted by atomic mass is 10.0. The number of carbonyl (C=O) groups is 4. The molecule has 0 spiro atoms. The van der Waals surface area contributed by atoms with Crippen molar-refractivity contribution >= 4 is 58.0 Å². The molecule has 3 heterocycles. The highest BCUT2D eigenvalue weighted by Crippen LogP contribution is 2.40. The molecule has 252 valence electrons. The maximum absolute atomic E-state index is 12.9. The standard InChI is InChI=1S/C28H25N3O4S2.C9H16O2/c1-18-7-4-5-13-30(18)14-6-10-21-16-37-27-24(26(33)31(27)25(21)28(34)35)29-23(32)17-36-22-12-11-19-8-2-3-9-20(19)15-22;1-3-4-5-6-7-8(2)9(10)11/h2-13,15,24,27H,14,16-17H2,1H3,(H-,29,32,34,35);7H,3-6H2,1-2H3,(H,10,11)/b10-6+;/t24-,27-;/m1./s1. The van der Waals surface area contributed by atoms with Crippen LogP contribution in [0.5, 0.6) is 0 Å². The zero-order valence-electron chi connectivity index (χ0n) is 27.4. The molecule has 2 atom stereocenters. The third-order valence-corrected chi connectivity index (χ3v) is 10.3. The summed E-state index contributed by atoms with van der Waals surface area (Å²) in [5.74, 6) is -2.32. The number of β-lactam (4-membered cyclic amide) rings is 1. The molecule has 0 aliphatic carbocycles. The van der Waals surface area contributed by atoms with Crippen molar-refractivity contribution in [2.24, 2.45) is 0 Å². The van der Waals surface area contributed by atoms with Crippen LogP contribution in [-0.2, 0) is 25.7 Å². The van der Waals surface area contributed by atoms with E-state index in [9.17, 15) is 24.3 Å². The fourth-order valence-corrected chi connectivity index (χ4v) is 7.33. The van der Waals surface area contributed by atoms with Crippen LogP contribution in [0.1, 0.15) is 45.2 Å². The molecule has 2 N–H and O–H groups in total. The number of carboxylic acid groups (broad SMARTS) is 2. The Bertz CT molecular complexity index is 1750. The first-order valence-corrected chi connectivity index (χ1v) is 18.0. The highest BCUT2D eigenvalue weighted by molar-refractivity contribution is 8.00. The number of carbonyl (C=O) groups excluding carboxylic acids is 3. The molecule has 5 rings (SSSR count). The number of carboxylic acids is 2. The number of unbranched alkanes of at least 4 members (excludes halogenated alkanes) is 3. The average molecular weight is 688 g/mol. The minimum Gasteiger partial charge on any atom is -0.543 e. The van der Waals surface area contributed by atoms with Crippen LogP contribution < -0.4 is 15.0 Å². The van der Waals surface area contributed by atoms with Crippen LogP contribution in [0.2, 0.25) is 0 Å². The van der Waals surface area contributed by atoms with Gasteiger partial charge in [-0.3, -0.25) is 14.5 Å². The third-order valence-electron chi connectivity index (χ3n) is 7.98. The number of nitrogens with one attached hydrogen (secondary N) is 1. The van der Waals surface area contributed by atoms with Gasteiger partial charge < -0.3 is 20.3 Å². The lowest BCUT2D eigenvalue weighted by Crippen LogP contribution is -2.71. The summed E-state index contributed by atoms with van der Waals surface area (Å²) in [6.45, 7) is 6.34. The number of amides is 2. The van der Waals surface area contributed by atoms with Gasteiger partial charge in [0, 0.05) is 35.3 Å². The van der Waals surface area contributed by atoms with Gasteiger partial charge in [-0.15, -0.1) is 23.5 Å². The number of nitrogens with zero attached hydrogens (tertiary/aromatic N) is 2. The number of aliphatic carboxylic acids is 2. The fraction of sp³-hybridized carbons (Fsp3) is 0.324. The molecule has 2 amide bonds. The lowest BCUT2D eigenvalue weighted by Gasteiger charge is -2.50. The Morgan fingerprint density at radius 3 is 2.56 bits per heavy atom. The lowest BCUT2D eigenvalue weighted by molar-refractivity contribution is -0.693. The van der Waals surface area contributed by atoms with E-state index < -0.39 is 29.3 Å². The van der Waals surface area contributed by atoms with Gasteiger partial charge in [0.1, 0.15) is 11.4 Å². The molecule has 0 saturated carbocycles. The number of hydrogen-bond donors (Lipinski definition) is 2. The Morgan fingerprint density at radius 1 is 1.10 bits per heavy atom. The molecule has 1 aromatic heterocycles. The number of pyridine rings is 1. The van der Waals surface area contributed by atoms with E-state index in [0.29, 0.717) is 23.4 Å². The SMILES string of the molecule is CCCCCC=C(C)C(=O)O.Cc1cccc[n+]1C/C=C/C1=C(C(=O)[O-])N2C(=O)[C@@H](NC(=O)CSc3ccc4ccccc4c3)[C@H]2SC1. The highest BCUT2D eigenvalue weighted by atomic mass is 32.2. The van der Waals surface area contributed by atoms with Crippen LogP contribution in [0.4, 0.5) is 0 Å². The predicted octanol–water partition coefficient (Wildman–Crippen LogP) is 4.79. The first kappa shape index (κ1) is 36.5. The Balaban J connectivity index is 0.000000408. The van der Waals surface area contributed by atoms with Crippen molar-refractivity contribution in [1.29, 1.82) is 0 Å². The van der Waals surface area contributed by atoms with Gasteiger partial charge in [-0.2, -0.15) is 4.57 Å². The van der Waals surface area contributed by atoms with E-state index in [4.69, 9.17) is 5.11 Å². The molecule has 2 aromatic carbocycles. The maximum Gasteiger partial charge on any atom is 0.330 e. The second kappa shape index (κ2) is 17.7. The van der Waals surface area contributed by atoms with Gasteiger partial charge in [0.25, 0.3) is 5.91 Å². The van der Waals surface area contributed by atoms with E-state index >= 15 is 0 Å². The molecule has 1 saturated heterocycles. The Kier molecular flexibility index (Phi) is 13.5. The third kappa shape index (κ3) is 9.60. The zero-order chi connectivity index (χ0) is 34.6. The molecular formula is C37H41N3O6S2. The topological polar surface area (TPSA) is 131 Å². The molecule has 0 bridgehead atoms. The molecule has 3 aromatic rings. The summed E-state index contributed by atoms with van der Waals surface area (Å²) in [7, 11) is 0. The van der Waals surface area contributed by atoms with E-state index in [1.165, 1.54) is 41.3 Å². The van der Waals surface area contributed by atoms with Gasteiger partial charge in [-0.25, -0.2) is 4.79 Å². The highest BCUT2D eigenvalue weighted by Gasteiger charge is 2.52. The van der Waals surface area contributed by atoms with Gasteiger partial charge in [0.15, 0.2) is 18.4 Å². The fourth-order valence-electron chi connectivity index (χ4n) is 5.26. The first-order chi connectivity index (χ1) is 23.1. The minimum absolute atomic E-state index is 0.115. The van der Waals surface area contributed by atoms with Crippen molar-refractivity contribution in [1.82, 2.24) is 10.2 Å². The molecular weight excluding hydrogens is 647 g/mol. The normalized spacial score (nSPS) is 17.4. The van der Waals surface area contributed by atoms with Gasteiger partial charge in [-0.1, -0.05) is 68.3 Å². The number of fused-ring (bicyclic) bond motifs is 2. The Morgan fingerprint density at radius 2 is 1.85 bits per heavy atom. The zero-order valence-corrected chi connectivity index (χ0v) is 29.0. The van der Waals surface area contributed by atoms with Crippen molar-refractivity contribution in [3.8, 4) is 0 Å². The molecule has 0 unspecified atom stereocenters. The molecule has 9 nitrogen and oxygen atoms in total. The summed E-state index contributed by atoms with van der Waals surface area (Å²) < 4.78 is 2.03. The number of rotatable bonds is 13. The van der Waals surface area contributed by atoms with Crippen molar-refractivity contribution < 1.29 is 34.0 Å². The quantitative estimate of drug-likeness (QED) is 0.0863. The van der Waals surface area contributed by atoms with E-state index in [1.807, 2.05) is 84.4 Å². The molecule has 0 radical (unpaired) electrons. The van der Waals surface area contributed by atoms with Crippen molar-refractivity contribution in [2.45, 2.75) is 69.3 Å². The molecule has 2 aliphatic heterocycles. The smallest absolute Gasteiger partial charge is 0.330 e. The minimum atomic E-state index is -1.39. The summed E-state index contributed by atoms with van der Waals surface area (Å²) in [4.78, 5) is 50.0. The van der Waals surface area contributed by atoms with Crippen LogP contribution in [0.15, 0.2) is 107 Å². The second-order valence-electron chi connectivity index (χ2n) is 11.5. The van der Waals surface area contributed by atoms with Crippen molar-refractivity contribution in [3.05, 3.63) is 108 Å². The van der Waals surface area contributed by atoms with Gasteiger partial charge in [-0.05, 0) is 54.3 Å². The Labute approximate surface area is 289 Å². The summed E-state index contributed by atoms with van der Waals surface area (Å²) >= 11 is 2.83. The number of allylic oxidation sites excluding steroid dienone is 3. The predicted molar refractivity (Wildman–Crippen MR) is 188 cm³/mol. The number of thioether (sulfide) groups is 2. The first-order valence-electron chi connectivity index (χ1n) is 15.9. The van der Waals surface area contributed by atoms with Crippen LogP contribution >= 0.6 is 23.5 Å². The largest absolute Gasteiger partial charge is 0.543 e. The monoisotopic (exact) mass is 687 g/mol. The second-order valence-corrected chi connectivity index (χ2v) is 13.7. The summed E-state index contributed by atoms with van der Waals surface area (Å²) in [6, 6.07) is 19.2. The summed E-state index contributed by atoms with van der Waals surface area (Å²) in [6.07, 6.45) is 11.7. The molecule has 48 heavy (non-hydrogen) atoms. The van der Waals surface area contributed by atoms with Crippen LogP contribution in [0, 0.1) is 6.92 Å². The summed E-state index contributed by atoms with van der Waals surface area (Å²) in [5, 5.41) is 25.0. The van der Waals surface area contributed by atoms with Crippen LogP contribution in [0.3, 0.4) is 0 Å². The number of aromatic nitrogens is 1. The van der Waals surface area contributed by atoms with Gasteiger partial charge in [0.2, 0.25) is 5.91 Å². The molecule has 11 heteroatoms.